The maximum Gasteiger partial charge on any atom is 0.332 e. The molecule has 4 rings (SSSR count). The van der Waals surface area contributed by atoms with Crippen molar-refractivity contribution in [2.24, 2.45) is 5.92 Å². The fourth-order valence-corrected chi connectivity index (χ4v) is 4.65. The van der Waals surface area contributed by atoms with Crippen LogP contribution in [0.15, 0.2) is 30.3 Å². The number of anilines is 1. The van der Waals surface area contributed by atoms with Crippen molar-refractivity contribution in [2.45, 2.75) is 51.0 Å². The average molecular weight is 369 g/mol. The first-order valence-corrected chi connectivity index (χ1v) is 10.1. The zero-order valence-electron chi connectivity index (χ0n) is 15.7. The fourth-order valence-electron chi connectivity index (χ4n) is 4.65. The number of para-hydroxylation sites is 1. The quantitative estimate of drug-likeness (QED) is 0.767. The number of rotatable bonds is 4. The van der Waals surface area contributed by atoms with Crippen LogP contribution in [0, 0.1) is 5.92 Å². The first-order valence-electron chi connectivity index (χ1n) is 10.1. The van der Waals surface area contributed by atoms with E-state index in [0.29, 0.717) is 31.1 Å². The number of hydrogen-bond donors (Lipinski definition) is 0. The van der Waals surface area contributed by atoms with Gasteiger partial charge in [0, 0.05) is 25.6 Å². The van der Waals surface area contributed by atoms with E-state index in [2.05, 4.69) is 0 Å². The first-order chi connectivity index (χ1) is 13.1. The van der Waals surface area contributed by atoms with Crippen molar-refractivity contribution in [1.82, 2.24) is 9.80 Å². The van der Waals surface area contributed by atoms with Crippen LogP contribution in [0.5, 0.6) is 0 Å². The van der Waals surface area contributed by atoms with E-state index < -0.39 is 0 Å². The summed E-state index contributed by atoms with van der Waals surface area (Å²) >= 11 is 0. The maximum absolute atomic E-state index is 12.8. The minimum absolute atomic E-state index is 0.0330. The second-order valence-electron chi connectivity index (χ2n) is 7.94. The normalized spacial score (nSPS) is 22.1. The van der Waals surface area contributed by atoms with Gasteiger partial charge in [-0.05, 0) is 43.7 Å². The number of nitrogens with zero attached hydrogens (tertiary/aromatic N) is 3. The van der Waals surface area contributed by atoms with Crippen LogP contribution in [0.1, 0.15) is 44.9 Å². The lowest BCUT2D eigenvalue weighted by Crippen LogP contribution is -2.48. The average Bonchev–Trinajstić information content (AvgIpc) is 3.30. The standard InChI is InChI=1S/C21H27N3O3/c25-19(14-16-6-4-5-7-16)22-12-10-17(11-13-22)23-15-20(26)24(21(23)27)18-8-2-1-3-9-18/h1-3,8-9,16-17H,4-7,10-15H2. The Morgan fingerprint density at radius 3 is 2.30 bits per heavy atom. The Labute approximate surface area is 160 Å². The van der Waals surface area contributed by atoms with Gasteiger partial charge in [0.15, 0.2) is 0 Å². The molecule has 0 radical (unpaired) electrons. The lowest BCUT2D eigenvalue weighted by Gasteiger charge is -2.36. The SMILES string of the molecule is O=C(CC1CCCC1)N1CCC(N2CC(=O)N(c3ccccc3)C2=O)CC1. The number of piperidine rings is 1. The molecule has 144 valence electrons. The van der Waals surface area contributed by atoms with Crippen LogP contribution in [0.4, 0.5) is 10.5 Å². The molecule has 1 aromatic carbocycles. The molecule has 4 amide bonds. The smallest absolute Gasteiger partial charge is 0.332 e. The molecule has 0 bridgehead atoms. The molecule has 1 aliphatic carbocycles. The Balaban J connectivity index is 1.33. The van der Waals surface area contributed by atoms with E-state index in [0.717, 1.165) is 12.8 Å². The van der Waals surface area contributed by atoms with E-state index in [1.165, 1.54) is 30.6 Å². The van der Waals surface area contributed by atoms with E-state index >= 15 is 0 Å². The summed E-state index contributed by atoms with van der Waals surface area (Å²) in [6.45, 7) is 1.49. The number of hydrogen-bond acceptors (Lipinski definition) is 3. The summed E-state index contributed by atoms with van der Waals surface area (Å²) in [5, 5.41) is 0. The monoisotopic (exact) mass is 369 g/mol. The first kappa shape index (κ1) is 18.0. The minimum atomic E-state index is -0.234. The lowest BCUT2D eigenvalue weighted by atomic mass is 10.00. The number of amides is 4. The van der Waals surface area contributed by atoms with Gasteiger partial charge in [-0.25, -0.2) is 9.69 Å². The van der Waals surface area contributed by atoms with Gasteiger partial charge in [0.1, 0.15) is 6.54 Å². The summed E-state index contributed by atoms with van der Waals surface area (Å²) < 4.78 is 0. The van der Waals surface area contributed by atoms with Gasteiger partial charge in [-0.2, -0.15) is 0 Å². The van der Waals surface area contributed by atoms with Gasteiger partial charge in [-0.1, -0.05) is 31.0 Å². The van der Waals surface area contributed by atoms with Crippen molar-refractivity contribution in [3.63, 3.8) is 0 Å². The lowest BCUT2D eigenvalue weighted by molar-refractivity contribution is -0.133. The predicted octanol–water partition coefficient (Wildman–Crippen LogP) is 3.03. The van der Waals surface area contributed by atoms with E-state index in [1.807, 2.05) is 23.1 Å². The Morgan fingerprint density at radius 2 is 1.63 bits per heavy atom. The molecule has 0 unspecified atom stereocenters. The van der Waals surface area contributed by atoms with E-state index in [4.69, 9.17) is 0 Å². The molecule has 3 aliphatic rings. The van der Waals surface area contributed by atoms with Crippen LogP contribution >= 0.6 is 0 Å². The molecule has 0 aromatic heterocycles. The van der Waals surface area contributed by atoms with Gasteiger partial charge in [0.05, 0.1) is 5.69 Å². The fraction of sp³-hybridized carbons (Fsp3) is 0.571. The summed E-state index contributed by atoms with van der Waals surface area (Å²) in [5.74, 6) is 0.647. The van der Waals surface area contributed by atoms with Gasteiger partial charge in [0.25, 0.3) is 5.91 Å². The molecule has 1 aromatic rings. The van der Waals surface area contributed by atoms with Crippen LogP contribution in [-0.2, 0) is 9.59 Å². The van der Waals surface area contributed by atoms with Crippen molar-refractivity contribution in [2.75, 3.05) is 24.5 Å². The summed E-state index contributed by atoms with van der Waals surface area (Å²) in [4.78, 5) is 42.6. The third-order valence-corrected chi connectivity index (χ3v) is 6.20. The molecule has 0 spiro atoms. The largest absolute Gasteiger partial charge is 0.343 e. The van der Waals surface area contributed by atoms with Crippen LogP contribution in [-0.4, -0.2) is 53.3 Å². The zero-order chi connectivity index (χ0) is 18.8. The molecule has 2 aliphatic heterocycles. The molecule has 1 saturated carbocycles. The third kappa shape index (κ3) is 3.70. The number of urea groups is 1. The van der Waals surface area contributed by atoms with Crippen LogP contribution in [0.25, 0.3) is 0 Å². The molecule has 27 heavy (non-hydrogen) atoms. The van der Waals surface area contributed by atoms with Crippen molar-refractivity contribution in [1.29, 1.82) is 0 Å². The topological polar surface area (TPSA) is 60.9 Å². The summed E-state index contributed by atoms with van der Waals surface area (Å²) in [6.07, 6.45) is 7.04. The van der Waals surface area contributed by atoms with Gasteiger partial charge in [-0.15, -0.1) is 0 Å². The van der Waals surface area contributed by atoms with Crippen molar-refractivity contribution >= 4 is 23.5 Å². The highest BCUT2D eigenvalue weighted by Crippen LogP contribution is 2.30. The number of likely N-dealkylation sites (tertiary alicyclic amines) is 1. The second-order valence-corrected chi connectivity index (χ2v) is 7.94. The highest BCUT2D eigenvalue weighted by atomic mass is 16.2. The molecule has 6 heteroatoms. The summed E-state index contributed by atoms with van der Waals surface area (Å²) in [7, 11) is 0. The summed E-state index contributed by atoms with van der Waals surface area (Å²) in [6, 6.07) is 8.88. The molecule has 0 N–H and O–H groups in total. The van der Waals surface area contributed by atoms with Crippen molar-refractivity contribution in [3.05, 3.63) is 30.3 Å². The minimum Gasteiger partial charge on any atom is -0.343 e. The number of carbonyl (C=O) groups is 3. The predicted molar refractivity (Wildman–Crippen MR) is 102 cm³/mol. The Hall–Kier alpha value is -2.37. The molecule has 6 nitrogen and oxygen atoms in total. The second kappa shape index (κ2) is 7.71. The highest BCUT2D eigenvalue weighted by molar-refractivity contribution is 6.19. The van der Waals surface area contributed by atoms with Gasteiger partial charge in [0.2, 0.25) is 5.91 Å². The van der Waals surface area contributed by atoms with Crippen molar-refractivity contribution < 1.29 is 14.4 Å². The number of imide groups is 1. The molecule has 2 saturated heterocycles. The van der Waals surface area contributed by atoms with Crippen molar-refractivity contribution in [3.8, 4) is 0 Å². The Bertz CT molecular complexity index is 707. The van der Waals surface area contributed by atoms with E-state index in [1.54, 1.807) is 17.0 Å². The molecule has 3 fully saturated rings. The maximum atomic E-state index is 12.8. The zero-order valence-corrected chi connectivity index (χ0v) is 15.7. The Morgan fingerprint density at radius 1 is 0.963 bits per heavy atom. The van der Waals surface area contributed by atoms with Gasteiger partial charge >= 0.3 is 6.03 Å². The molecular weight excluding hydrogens is 342 g/mol. The molecular formula is C21H27N3O3. The Kier molecular flexibility index (Phi) is 5.14. The van der Waals surface area contributed by atoms with E-state index in [9.17, 15) is 14.4 Å². The van der Waals surface area contributed by atoms with Crippen LogP contribution in [0.3, 0.4) is 0 Å². The molecule has 2 heterocycles. The van der Waals surface area contributed by atoms with Gasteiger partial charge in [-0.3, -0.25) is 9.59 Å². The van der Waals surface area contributed by atoms with Gasteiger partial charge < -0.3 is 9.80 Å². The third-order valence-electron chi connectivity index (χ3n) is 6.20. The van der Waals surface area contributed by atoms with E-state index in [-0.39, 0.29) is 30.4 Å². The number of benzene rings is 1. The van der Waals surface area contributed by atoms with Crippen LogP contribution < -0.4 is 4.90 Å². The van der Waals surface area contributed by atoms with Crippen LogP contribution in [0.2, 0.25) is 0 Å². The number of carbonyl (C=O) groups excluding carboxylic acids is 3. The molecule has 0 atom stereocenters. The summed E-state index contributed by atoms with van der Waals surface area (Å²) in [5.41, 5.74) is 0.624. The highest BCUT2D eigenvalue weighted by Gasteiger charge is 2.41.